The predicted octanol–water partition coefficient (Wildman–Crippen LogP) is 1.15. The van der Waals surface area contributed by atoms with Crippen LogP contribution < -0.4 is 5.73 Å². The number of ether oxygens (including phenoxy) is 1. The van der Waals surface area contributed by atoms with Crippen molar-refractivity contribution in [3.05, 3.63) is 29.6 Å². The van der Waals surface area contributed by atoms with Gasteiger partial charge < -0.3 is 10.5 Å². The van der Waals surface area contributed by atoms with Crippen molar-refractivity contribution in [2.45, 2.75) is 32.5 Å². The number of nitrogens with two attached hydrogens (primary N) is 1. The molecule has 0 atom stereocenters. The molecule has 0 aromatic carbocycles. The summed E-state index contributed by atoms with van der Waals surface area (Å²) in [5, 5.41) is 0. The molecule has 1 aromatic rings. The topological polar surface area (TPSA) is 51.4 Å². The first-order valence-corrected chi connectivity index (χ1v) is 6.10. The van der Waals surface area contributed by atoms with Crippen LogP contribution >= 0.6 is 0 Å². The molecule has 0 amide bonds. The van der Waals surface area contributed by atoms with Crippen molar-refractivity contribution < 1.29 is 4.74 Å². The van der Waals surface area contributed by atoms with Crippen molar-refractivity contribution in [2.75, 3.05) is 19.7 Å². The van der Waals surface area contributed by atoms with Gasteiger partial charge in [0.05, 0.1) is 17.9 Å². The minimum Gasteiger partial charge on any atom is -0.373 e. The molecule has 0 aliphatic carbocycles. The highest BCUT2D eigenvalue weighted by molar-refractivity contribution is 5.19. The standard InChI is InChI=1S/C13H21N3O/c1-13(2)10-16(6-7-17-13)9-11-4-3-5-15-12(11)8-14/h3-5H,6-10,14H2,1-2H3. The zero-order valence-corrected chi connectivity index (χ0v) is 10.6. The van der Waals surface area contributed by atoms with E-state index < -0.39 is 0 Å². The fourth-order valence-electron chi connectivity index (χ4n) is 2.29. The van der Waals surface area contributed by atoms with Crippen LogP contribution in [0.4, 0.5) is 0 Å². The molecule has 1 aromatic heterocycles. The van der Waals surface area contributed by atoms with E-state index in [2.05, 4.69) is 29.8 Å². The third-order valence-electron chi connectivity index (χ3n) is 3.08. The van der Waals surface area contributed by atoms with E-state index in [1.54, 1.807) is 6.20 Å². The SMILES string of the molecule is CC1(C)CN(Cc2cccnc2CN)CCO1. The van der Waals surface area contributed by atoms with E-state index in [9.17, 15) is 0 Å². The Bertz CT molecular complexity index is 379. The molecule has 17 heavy (non-hydrogen) atoms. The van der Waals surface area contributed by atoms with Crippen LogP contribution in [0.5, 0.6) is 0 Å². The van der Waals surface area contributed by atoms with Crippen LogP contribution in [-0.2, 0) is 17.8 Å². The summed E-state index contributed by atoms with van der Waals surface area (Å²) in [6.07, 6.45) is 1.80. The van der Waals surface area contributed by atoms with Gasteiger partial charge in [0.1, 0.15) is 0 Å². The smallest absolute Gasteiger partial charge is 0.0753 e. The molecule has 2 heterocycles. The van der Waals surface area contributed by atoms with Gasteiger partial charge in [-0.1, -0.05) is 6.07 Å². The van der Waals surface area contributed by atoms with Crippen LogP contribution in [0.3, 0.4) is 0 Å². The molecule has 0 radical (unpaired) electrons. The normalized spacial score (nSPS) is 20.4. The number of rotatable bonds is 3. The first kappa shape index (κ1) is 12.5. The summed E-state index contributed by atoms with van der Waals surface area (Å²) < 4.78 is 5.71. The largest absolute Gasteiger partial charge is 0.373 e. The molecule has 2 N–H and O–H groups in total. The van der Waals surface area contributed by atoms with Crippen LogP contribution in [-0.4, -0.2) is 35.2 Å². The molecule has 2 rings (SSSR count). The molecule has 4 nitrogen and oxygen atoms in total. The maximum atomic E-state index is 5.71. The van der Waals surface area contributed by atoms with Crippen LogP contribution in [0.2, 0.25) is 0 Å². The zero-order valence-electron chi connectivity index (χ0n) is 10.6. The maximum absolute atomic E-state index is 5.71. The minimum absolute atomic E-state index is 0.0522. The van der Waals surface area contributed by atoms with Crippen LogP contribution in [0.25, 0.3) is 0 Å². The van der Waals surface area contributed by atoms with Gasteiger partial charge in [0.25, 0.3) is 0 Å². The second-order valence-electron chi connectivity index (χ2n) is 5.13. The van der Waals surface area contributed by atoms with E-state index >= 15 is 0 Å². The predicted molar refractivity (Wildman–Crippen MR) is 67.4 cm³/mol. The Labute approximate surface area is 103 Å². The summed E-state index contributed by atoms with van der Waals surface area (Å²) in [6.45, 7) is 8.40. The van der Waals surface area contributed by atoms with Crippen molar-refractivity contribution in [1.82, 2.24) is 9.88 Å². The van der Waals surface area contributed by atoms with Gasteiger partial charge in [0, 0.05) is 32.4 Å². The molecule has 1 saturated heterocycles. The van der Waals surface area contributed by atoms with Gasteiger partial charge in [-0.3, -0.25) is 9.88 Å². The number of pyridine rings is 1. The summed E-state index contributed by atoms with van der Waals surface area (Å²) in [7, 11) is 0. The minimum atomic E-state index is -0.0522. The van der Waals surface area contributed by atoms with Crippen molar-refractivity contribution in [3.63, 3.8) is 0 Å². The van der Waals surface area contributed by atoms with Gasteiger partial charge in [0.15, 0.2) is 0 Å². The first-order valence-electron chi connectivity index (χ1n) is 6.10. The van der Waals surface area contributed by atoms with Gasteiger partial charge >= 0.3 is 0 Å². The fourth-order valence-corrected chi connectivity index (χ4v) is 2.29. The summed E-state index contributed by atoms with van der Waals surface area (Å²) in [6, 6.07) is 4.08. The van der Waals surface area contributed by atoms with Crippen molar-refractivity contribution >= 4 is 0 Å². The lowest BCUT2D eigenvalue weighted by Gasteiger charge is -2.38. The van der Waals surface area contributed by atoms with Gasteiger partial charge in [0.2, 0.25) is 0 Å². The Morgan fingerprint density at radius 3 is 3.06 bits per heavy atom. The van der Waals surface area contributed by atoms with E-state index in [0.29, 0.717) is 6.54 Å². The Kier molecular flexibility index (Phi) is 3.76. The zero-order chi connectivity index (χ0) is 12.3. The number of aromatic nitrogens is 1. The van der Waals surface area contributed by atoms with Crippen molar-refractivity contribution in [3.8, 4) is 0 Å². The van der Waals surface area contributed by atoms with E-state index in [-0.39, 0.29) is 5.60 Å². The summed E-state index contributed by atoms with van der Waals surface area (Å²) >= 11 is 0. The Hall–Kier alpha value is -0.970. The molecule has 0 unspecified atom stereocenters. The van der Waals surface area contributed by atoms with Gasteiger partial charge in [-0.05, 0) is 25.5 Å². The molecule has 0 saturated carbocycles. The van der Waals surface area contributed by atoms with Crippen LogP contribution in [0, 0.1) is 0 Å². The average molecular weight is 235 g/mol. The molecule has 1 aliphatic rings. The highest BCUT2D eigenvalue weighted by atomic mass is 16.5. The quantitative estimate of drug-likeness (QED) is 0.854. The van der Waals surface area contributed by atoms with E-state index in [1.165, 1.54) is 5.56 Å². The number of morpholine rings is 1. The van der Waals surface area contributed by atoms with Crippen molar-refractivity contribution in [2.24, 2.45) is 5.73 Å². The molecule has 1 aliphatic heterocycles. The maximum Gasteiger partial charge on any atom is 0.0753 e. The molecular weight excluding hydrogens is 214 g/mol. The third-order valence-corrected chi connectivity index (χ3v) is 3.08. The summed E-state index contributed by atoms with van der Waals surface area (Å²) in [5.74, 6) is 0. The Balaban J connectivity index is 2.05. The lowest BCUT2D eigenvalue weighted by Crippen LogP contribution is -2.47. The summed E-state index contributed by atoms with van der Waals surface area (Å²) in [5.41, 5.74) is 7.88. The second kappa shape index (κ2) is 5.12. The van der Waals surface area contributed by atoms with E-state index in [1.807, 2.05) is 6.07 Å². The highest BCUT2D eigenvalue weighted by Crippen LogP contribution is 2.19. The molecule has 0 bridgehead atoms. The number of hydrogen-bond donors (Lipinski definition) is 1. The van der Waals surface area contributed by atoms with Gasteiger partial charge in [-0.15, -0.1) is 0 Å². The lowest BCUT2D eigenvalue weighted by molar-refractivity contribution is -0.0883. The summed E-state index contributed by atoms with van der Waals surface area (Å²) in [4.78, 5) is 6.72. The monoisotopic (exact) mass is 235 g/mol. The number of nitrogens with zero attached hydrogens (tertiary/aromatic N) is 2. The molecule has 1 fully saturated rings. The van der Waals surface area contributed by atoms with Crippen molar-refractivity contribution in [1.29, 1.82) is 0 Å². The lowest BCUT2D eigenvalue weighted by atomic mass is 10.1. The number of hydrogen-bond acceptors (Lipinski definition) is 4. The Morgan fingerprint density at radius 1 is 1.53 bits per heavy atom. The Morgan fingerprint density at radius 2 is 2.35 bits per heavy atom. The van der Waals surface area contributed by atoms with Gasteiger partial charge in [-0.25, -0.2) is 0 Å². The highest BCUT2D eigenvalue weighted by Gasteiger charge is 2.27. The first-order chi connectivity index (χ1) is 8.11. The fraction of sp³-hybridized carbons (Fsp3) is 0.615. The van der Waals surface area contributed by atoms with Crippen LogP contribution in [0.15, 0.2) is 18.3 Å². The average Bonchev–Trinajstić information content (AvgIpc) is 2.28. The second-order valence-corrected chi connectivity index (χ2v) is 5.13. The molecular formula is C13H21N3O. The van der Waals surface area contributed by atoms with Gasteiger partial charge in [-0.2, -0.15) is 0 Å². The molecule has 4 heteroatoms. The van der Waals surface area contributed by atoms with Crippen LogP contribution in [0.1, 0.15) is 25.1 Å². The van der Waals surface area contributed by atoms with E-state index in [0.717, 1.165) is 31.9 Å². The molecule has 0 spiro atoms. The molecule has 94 valence electrons. The third kappa shape index (κ3) is 3.25. The van der Waals surface area contributed by atoms with E-state index in [4.69, 9.17) is 10.5 Å².